The van der Waals surface area contributed by atoms with Crippen molar-refractivity contribution in [3.63, 3.8) is 0 Å². The highest BCUT2D eigenvalue weighted by Crippen LogP contribution is 2.22. The van der Waals surface area contributed by atoms with E-state index in [-0.39, 0.29) is 5.56 Å². The van der Waals surface area contributed by atoms with Crippen LogP contribution in [0.15, 0.2) is 36.5 Å². The molecule has 0 amide bonds. The van der Waals surface area contributed by atoms with E-state index in [9.17, 15) is 4.39 Å². The highest BCUT2D eigenvalue weighted by atomic mass is 19.1. The number of ether oxygens (including phenoxy) is 1. The van der Waals surface area contributed by atoms with Crippen molar-refractivity contribution in [2.45, 2.75) is 0 Å². The number of halogens is 1. The molecule has 3 nitrogen and oxygen atoms in total. The van der Waals surface area contributed by atoms with E-state index >= 15 is 0 Å². The molecule has 84 valence electrons. The minimum atomic E-state index is -0.527. The van der Waals surface area contributed by atoms with Crippen LogP contribution in [0.1, 0.15) is 5.56 Å². The molecule has 0 unspecified atom stereocenters. The number of pyridine rings is 1. The van der Waals surface area contributed by atoms with Gasteiger partial charge in [-0.1, -0.05) is 6.07 Å². The van der Waals surface area contributed by atoms with Gasteiger partial charge in [-0.05, 0) is 23.8 Å². The summed E-state index contributed by atoms with van der Waals surface area (Å²) in [6, 6.07) is 9.73. The zero-order valence-corrected chi connectivity index (χ0v) is 9.14. The fraction of sp³-hybridized carbons (Fsp3) is 0.0769. The summed E-state index contributed by atoms with van der Waals surface area (Å²) in [6.45, 7) is 0. The van der Waals surface area contributed by atoms with Crippen molar-refractivity contribution in [1.29, 1.82) is 5.26 Å². The normalized spacial score (nSPS) is 9.71. The van der Waals surface area contributed by atoms with E-state index in [2.05, 4.69) is 4.98 Å². The van der Waals surface area contributed by atoms with Crippen LogP contribution in [-0.4, -0.2) is 12.1 Å². The minimum absolute atomic E-state index is 0.0372. The van der Waals surface area contributed by atoms with E-state index in [4.69, 9.17) is 10.00 Å². The van der Waals surface area contributed by atoms with Crippen LogP contribution >= 0.6 is 0 Å². The molecule has 0 aliphatic rings. The van der Waals surface area contributed by atoms with Crippen LogP contribution in [0.2, 0.25) is 0 Å². The number of rotatable bonds is 2. The fourth-order valence-electron chi connectivity index (χ4n) is 1.46. The zero-order chi connectivity index (χ0) is 12.3. The maximum absolute atomic E-state index is 13.4. The van der Waals surface area contributed by atoms with Crippen LogP contribution in [0.4, 0.5) is 4.39 Å². The average molecular weight is 228 g/mol. The molecule has 0 atom stereocenters. The molecule has 0 bridgehead atoms. The highest BCUT2D eigenvalue weighted by molar-refractivity contribution is 5.63. The summed E-state index contributed by atoms with van der Waals surface area (Å²) in [5.74, 6) is -0.0244. The Kier molecular flexibility index (Phi) is 3.01. The Bertz CT molecular complexity index is 573. The van der Waals surface area contributed by atoms with Crippen LogP contribution in [0, 0.1) is 17.1 Å². The zero-order valence-electron chi connectivity index (χ0n) is 9.14. The quantitative estimate of drug-likeness (QED) is 0.793. The summed E-state index contributed by atoms with van der Waals surface area (Å²) < 4.78 is 18.4. The molecule has 0 saturated carbocycles. The Morgan fingerprint density at radius 3 is 2.53 bits per heavy atom. The summed E-state index contributed by atoms with van der Waals surface area (Å²) >= 11 is 0. The predicted molar refractivity (Wildman–Crippen MR) is 60.9 cm³/mol. The van der Waals surface area contributed by atoms with Gasteiger partial charge in [0.2, 0.25) is 5.88 Å². The molecular formula is C13H9FN2O. The second-order valence-corrected chi connectivity index (χ2v) is 3.40. The lowest BCUT2D eigenvalue weighted by Gasteiger charge is -2.03. The van der Waals surface area contributed by atoms with E-state index in [0.717, 1.165) is 5.56 Å². The number of hydrogen-bond acceptors (Lipinski definition) is 3. The lowest BCUT2D eigenvalue weighted by atomic mass is 10.1. The van der Waals surface area contributed by atoms with Gasteiger partial charge >= 0.3 is 0 Å². The Morgan fingerprint density at radius 2 is 2.00 bits per heavy atom. The first-order chi connectivity index (χ1) is 8.24. The van der Waals surface area contributed by atoms with Gasteiger partial charge in [0.1, 0.15) is 11.9 Å². The highest BCUT2D eigenvalue weighted by Gasteiger charge is 2.05. The van der Waals surface area contributed by atoms with Gasteiger partial charge < -0.3 is 4.74 Å². The largest absolute Gasteiger partial charge is 0.481 e. The van der Waals surface area contributed by atoms with Crippen molar-refractivity contribution < 1.29 is 9.13 Å². The average Bonchev–Trinajstić information content (AvgIpc) is 2.39. The van der Waals surface area contributed by atoms with E-state index in [0.29, 0.717) is 11.4 Å². The van der Waals surface area contributed by atoms with Crippen molar-refractivity contribution in [1.82, 2.24) is 4.98 Å². The molecule has 1 aromatic carbocycles. The summed E-state index contributed by atoms with van der Waals surface area (Å²) in [4.78, 5) is 4.04. The first-order valence-electron chi connectivity index (χ1n) is 4.94. The van der Waals surface area contributed by atoms with Crippen molar-refractivity contribution in [3.8, 4) is 23.1 Å². The number of nitriles is 1. The molecule has 17 heavy (non-hydrogen) atoms. The lowest BCUT2D eigenvalue weighted by molar-refractivity contribution is 0.398. The molecule has 2 aromatic rings. The second kappa shape index (κ2) is 4.62. The lowest BCUT2D eigenvalue weighted by Crippen LogP contribution is -1.89. The van der Waals surface area contributed by atoms with E-state index in [1.807, 2.05) is 0 Å². The van der Waals surface area contributed by atoms with Gasteiger partial charge in [-0.3, -0.25) is 0 Å². The van der Waals surface area contributed by atoms with Gasteiger partial charge in [0.05, 0.1) is 12.7 Å². The van der Waals surface area contributed by atoms with Crippen molar-refractivity contribution in [2.75, 3.05) is 7.11 Å². The molecule has 2 rings (SSSR count). The molecule has 0 spiro atoms. The molecule has 0 N–H and O–H groups in total. The molecule has 4 heteroatoms. The van der Waals surface area contributed by atoms with Crippen LogP contribution < -0.4 is 4.74 Å². The Hall–Kier alpha value is -2.41. The standard InChI is InChI=1S/C13H9FN2O/c1-17-13-5-4-11(8-16-13)9-2-3-10(7-15)12(14)6-9/h2-6,8H,1H3. The van der Waals surface area contributed by atoms with Gasteiger partial charge in [0.15, 0.2) is 0 Å². The van der Waals surface area contributed by atoms with E-state index in [1.54, 1.807) is 30.5 Å². The summed E-state index contributed by atoms with van der Waals surface area (Å²) in [5, 5.41) is 8.63. The molecule has 0 fully saturated rings. The minimum Gasteiger partial charge on any atom is -0.481 e. The maximum atomic E-state index is 13.4. The molecule has 1 heterocycles. The second-order valence-electron chi connectivity index (χ2n) is 3.40. The van der Waals surface area contributed by atoms with Gasteiger partial charge in [-0.15, -0.1) is 0 Å². The monoisotopic (exact) mass is 228 g/mol. The molecular weight excluding hydrogens is 219 g/mol. The van der Waals surface area contributed by atoms with Crippen LogP contribution in [0.25, 0.3) is 11.1 Å². The summed E-state index contributed by atoms with van der Waals surface area (Å²) in [7, 11) is 1.53. The Morgan fingerprint density at radius 1 is 1.24 bits per heavy atom. The van der Waals surface area contributed by atoms with Crippen molar-refractivity contribution in [3.05, 3.63) is 47.9 Å². The number of benzene rings is 1. The van der Waals surface area contributed by atoms with Crippen LogP contribution in [-0.2, 0) is 0 Å². The van der Waals surface area contributed by atoms with Gasteiger partial charge in [0, 0.05) is 17.8 Å². The fourth-order valence-corrected chi connectivity index (χ4v) is 1.46. The number of nitrogens with zero attached hydrogens (tertiary/aromatic N) is 2. The van der Waals surface area contributed by atoms with Crippen molar-refractivity contribution >= 4 is 0 Å². The number of aromatic nitrogens is 1. The topological polar surface area (TPSA) is 45.9 Å². The number of methoxy groups -OCH3 is 1. The third-order valence-electron chi connectivity index (χ3n) is 2.37. The third kappa shape index (κ3) is 2.23. The SMILES string of the molecule is COc1ccc(-c2ccc(C#N)c(F)c2)cn1. The first-order valence-corrected chi connectivity index (χ1v) is 4.94. The predicted octanol–water partition coefficient (Wildman–Crippen LogP) is 2.77. The molecule has 0 saturated heterocycles. The van der Waals surface area contributed by atoms with Crippen molar-refractivity contribution in [2.24, 2.45) is 0 Å². The Balaban J connectivity index is 2.40. The van der Waals surface area contributed by atoms with E-state index in [1.165, 1.54) is 19.2 Å². The maximum Gasteiger partial charge on any atom is 0.212 e. The summed E-state index contributed by atoms with van der Waals surface area (Å²) in [5.41, 5.74) is 1.49. The van der Waals surface area contributed by atoms with Gasteiger partial charge in [-0.2, -0.15) is 5.26 Å². The van der Waals surface area contributed by atoms with Gasteiger partial charge in [0.25, 0.3) is 0 Å². The molecule has 1 aromatic heterocycles. The Labute approximate surface area is 98.1 Å². The van der Waals surface area contributed by atoms with Crippen LogP contribution in [0.5, 0.6) is 5.88 Å². The molecule has 0 radical (unpaired) electrons. The molecule has 0 aliphatic carbocycles. The van der Waals surface area contributed by atoms with Gasteiger partial charge in [-0.25, -0.2) is 9.37 Å². The first kappa shape index (κ1) is 11.1. The molecule has 0 aliphatic heterocycles. The smallest absolute Gasteiger partial charge is 0.212 e. The van der Waals surface area contributed by atoms with Crippen LogP contribution in [0.3, 0.4) is 0 Å². The number of hydrogen-bond donors (Lipinski definition) is 0. The third-order valence-corrected chi connectivity index (χ3v) is 2.37. The van der Waals surface area contributed by atoms with E-state index < -0.39 is 5.82 Å². The summed E-state index contributed by atoms with van der Waals surface area (Å²) in [6.07, 6.45) is 1.60.